The average Bonchev–Trinajstić information content (AvgIpc) is 3.24. The molecule has 4 heteroatoms. The van der Waals surface area contributed by atoms with Crippen LogP contribution in [0.25, 0.3) is 0 Å². The number of phenolic OH excluding ortho intramolecular Hbond substituents is 1. The molecule has 0 bridgehead atoms. The summed E-state index contributed by atoms with van der Waals surface area (Å²) in [6.07, 6.45) is 3.90. The molecule has 0 spiro atoms. The fraction of sp³-hybridized carbons (Fsp3) is 0.600. The van der Waals surface area contributed by atoms with Crippen molar-refractivity contribution in [2.24, 2.45) is 5.92 Å². The number of piperazine rings is 1. The molecule has 0 unspecified atom stereocenters. The topological polar surface area (TPSA) is 35.5 Å². The molecule has 0 aromatic heterocycles. The molecule has 2 aliphatic rings. The van der Waals surface area contributed by atoms with Crippen molar-refractivity contribution in [1.82, 2.24) is 10.2 Å². The van der Waals surface area contributed by atoms with Crippen LogP contribution in [0.1, 0.15) is 30.9 Å². The maximum Gasteiger partial charge on any atom is 0.120 e. The van der Waals surface area contributed by atoms with E-state index in [4.69, 9.17) is 0 Å². The highest BCUT2D eigenvalue weighted by atomic mass is 79.9. The van der Waals surface area contributed by atoms with Crippen LogP contribution in [0, 0.1) is 5.92 Å². The van der Waals surface area contributed by atoms with Crippen molar-refractivity contribution in [2.45, 2.75) is 25.3 Å². The molecule has 1 aliphatic heterocycles. The number of benzene rings is 1. The summed E-state index contributed by atoms with van der Waals surface area (Å²) in [5, 5.41) is 13.6. The van der Waals surface area contributed by atoms with Gasteiger partial charge in [-0.05, 0) is 30.5 Å². The third kappa shape index (κ3) is 3.30. The minimum absolute atomic E-state index is 0.368. The Labute approximate surface area is 123 Å². The lowest BCUT2D eigenvalue weighted by molar-refractivity contribution is 0.158. The zero-order valence-corrected chi connectivity index (χ0v) is 12.7. The summed E-state index contributed by atoms with van der Waals surface area (Å²) in [5.74, 6) is 1.30. The molecule has 0 radical (unpaired) electrons. The Kier molecular flexibility index (Phi) is 4.10. The van der Waals surface area contributed by atoms with Crippen LogP contribution in [-0.4, -0.2) is 36.2 Å². The maximum atomic E-state index is 10.2. The lowest BCUT2D eigenvalue weighted by atomic mass is 9.98. The number of phenols is 1. The Hall–Kier alpha value is -0.580. The first-order valence-corrected chi connectivity index (χ1v) is 7.96. The van der Waals surface area contributed by atoms with Crippen molar-refractivity contribution >= 4 is 15.9 Å². The Morgan fingerprint density at radius 2 is 2.05 bits per heavy atom. The molecule has 3 nitrogen and oxygen atoms in total. The predicted octanol–water partition coefficient (Wildman–Crippen LogP) is 2.90. The van der Waals surface area contributed by atoms with Gasteiger partial charge in [-0.1, -0.05) is 28.8 Å². The van der Waals surface area contributed by atoms with Gasteiger partial charge in [0.05, 0.1) is 0 Å². The Bertz CT molecular complexity index is 442. The van der Waals surface area contributed by atoms with E-state index >= 15 is 0 Å². The van der Waals surface area contributed by atoms with Crippen LogP contribution in [0.5, 0.6) is 5.75 Å². The molecule has 2 fully saturated rings. The van der Waals surface area contributed by atoms with E-state index in [0.717, 1.165) is 42.1 Å². The van der Waals surface area contributed by atoms with E-state index < -0.39 is 0 Å². The van der Waals surface area contributed by atoms with Crippen LogP contribution >= 0.6 is 15.9 Å². The third-order valence-corrected chi connectivity index (χ3v) is 4.69. The molecule has 104 valence electrons. The van der Waals surface area contributed by atoms with Crippen molar-refractivity contribution in [3.8, 4) is 5.75 Å². The lowest BCUT2D eigenvalue weighted by Crippen LogP contribution is -2.45. The number of nitrogens with zero attached hydrogens (tertiary/aromatic N) is 1. The molecule has 1 saturated carbocycles. The van der Waals surface area contributed by atoms with Gasteiger partial charge in [0, 0.05) is 42.3 Å². The van der Waals surface area contributed by atoms with E-state index in [1.807, 2.05) is 12.1 Å². The first kappa shape index (κ1) is 13.4. The first-order valence-electron chi connectivity index (χ1n) is 7.17. The Morgan fingerprint density at radius 3 is 2.74 bits per heavy atom. The Balaban J connectivity index is 1.85. The number of halogens is 1. The van der Waals surface area contributed by atoms with Crippen molar-refractivity contribution < 1.29 is 5.11 Å². The van der Waals surface area contributed by atoms with Gasteiger partial charge < -0.3 is 10.4 Å². The van der Waals surface area contributed by atoms with E-state index in [0.29, 0.717) is 11.8 Å². The summed E-state index contributed by atoms with van der Waals surface area (Å²) in [7, 11) is 0. The second-order valence-corrected chi connectivity index (χ2v) is 6.60. The van der Waals surface area contributed by atoms with E-state index in [2.05, 4.69) is 32.2 Å². The van der Waals surface area contributed by atoms with Gasteiger partial charge in [-0.3, -0.25) is 4.90 Å². The zero-order chi connectivity index (χ0) is 13.2. The van der Waals surface area contributed by atoms with Crippen LogP contribution in [-0.2, 0) is 0 Å². The molecule has 1 aromatic rings. The summed E-state index contributed by atoms with van der Waals surface area (Å²) in [4.78, 5) is 2.52. The lowest BCUT2D eigenvalue weighted by Gasteiger charge is -2.35. The average molecular weight is 325 g/mol. The minimum atomic E-state index is 0.368. The molecular formula is C15H21BrN2O. The van der Waals surface area contributed by atoms with Crippen molar-refractivity contribution in [3.63, 3.8) is 0 Å². The predicted molar refractivity (Wildman–Crippen MR) is 80.3 cm³/mol. The summed E-state index contributed by atoms with van der Waals surface area (Å²) in [6.45, 7) is 4.25. The molecular weight excluding hydrogens is 304 g/mol. The fourth-order valence-corrected chi connectivity index (χ4v) is 3.31. The highest BCUT2D eigenvalue weighted by Gasteiger charge is 2.31. The number of hydrogen-bond donors (Lipinski definition) is 2. The molecule has 1 heterocycles. The van der Waals surface area contributed by atoms with Gasteiger partial charge in [0.2, 0.25) is 0 Å². The van der Waals surface area contributed by atoms with Gasteiger partial charge in [0.1, 0.15) is 5.75 Å². The molecule has 2 N–H and O–H groups in total. The molecule has 1 aliphatic carbocycles. The minimum Gasteiger partial charge on any atom is -0.508 e. The Morgan fingerprint density at radius 1 is 1.32 bits per heavy atom. The number of rotatable bonds is 4. The van der Waals surface area contributed by atoms with E-state index in [1.54, 1.807) is 0 Å². The largest absolute Gasteiger partial charge is 0.508 e. The zero-order valence-electron chi connectivity index (χ0n) is 11.1. The summed E-state index contributed by atoms with van der Waals surface area (Å²) in [6, 6.07) is 6.17. The van der Waals surface area contributed by atoms with E-state index in [9.17, 15) is 5.11 Å². The second kappa shape index (κ2) is 5.81. The molecule has 1 aromatic carbocycles. The highest BCUT2D eigenvalue weighted by molar-refractivity contribution is 9.10. The van der Waals surface area contributed by atoms with Crippen LogP contribution in [0.4, 0.5) is 0 Å². The van der Waals surface area contributed by atoms with Gasteiger partial charge in [0.15, 0.2) is 0 Å². The fourth-order valence-electron chi connectivity index (χ4n) is 2.93. The van der Waals surface area contributed by atoms with Crippen LogP contribution in [0.2, 0.25) is 0 Å². The monoisotopic (exact) mass is 324 g/mol. The third-order valence-electron chi connectivity index (χ3n) is 4.19. The first-order chi connectivity index (χ1) is 9.24. The summed E-state index contributed by atoms with van der Waals surface area (Å²) >= 11 is 3.53. The van der Waals surface area contributed by atoms with Crippen molar-refractivity contribution in [3.05, 3.63) is 28.2 Å². The standard InChI is InChI=1S/C15H21BrN2O/c16-12-3-4-15(19)13(10-12)14(9-11-1-2-11)18-7-5-17-6-8-18/h3-4,10-11,14,17,19H,1-2,5-9H2/t14-/m1/s1. The smallest absolute Gasteiger partial charge is 0.120 e. The van der Waals surface area contributed by atoms with E-state index in [-0.39, 0.29) is 0 Å². The van der Waals surface area contributed by atoms with Gasteiger partial charge in [0.25, 0.3) is 0 Å². The highest BCUT2D eigenvalue weighted by Crippen LogP contribution is 2.42. The van der Waals surface area contributed by atoms with Crippen LogP contribution in [0.15, 0.2) is 22.7 Å². The SMILES string of the molecule is Oc1ccc(Br)cc1[C@@H](CC1CC1)N1CCNCC1. The molecule has 1 saturated heterocycles. The van der Waals surface area contributed by atoms with Gasteiger partial charge >= 0.3 is 0 Å². The molecule has 0 amide bonds. The maximum absolute atomic E-state index is 10.2. The quantitative estimate of drug-likeness (QED) is 0.893. The van der Waals surface area contributed by atoms with Crippen molar-refractivity contribution in [1.29, 1.82) is 0 Å². The normalized spacial score (nSPS) is 22.4. The van der Waals surface area contributed by atoms with Crippen LogP contribution in [0.3, 0.4) is 0 Å². The van der Waals surface area contributed by atoms with Gasteiger partial charge in [-0.2, -0.15) is 0 Å². The summed E-state index contributed by atoms with van der Waals surface area (Å²) in [5.41, 5.74) is 1.09. The van der Waals surface area contributed by atoms with Gasteiger partial charge in [-0.15, -0.1) is 0 Å². The second-order valence-electron chi connectivity index (χ2n) is 5.68. The van der Waals surface area contributed by atoms with E-state index in [1.165, 1.54) is 19.3 Å². The summed E-state index contributed by atoms with van der Waals surface area (Å²) < 4.78 is 1.05. The van der Waals surface area contributed by atoms with Crippen molar-refractivity contribution in [2.75, 3.05) is 26.2 Å². The van der Waals surface area contributed by atoms with Crippen LogP contribution < -0.4 is 5.32 Å². The molecule has 1 atom stereocenters. The van der Waals surface area contributed by atoms with Gasteiger partial charge in [-0.25, -0.2) is 0 Å². The molecule has 3 rings (SSSR count). The number of hydrogen-bond acceptors (Lipinski definition) is 3. The number of nitrogens with one attached hydrogen (secondary N) is 1. The number of aromatic hydroxyl groups is 1. The molecule has 19 heavy (non-hydrogen) atoms.